The number of benzene rings is 2. The molecule has 176 valence electrons. The van der Waals surface area contributed by atoms with E-state index in [1.165, 1.54) is 29.5 Å². The van der Waals surface area contributed by atoms with Crippen molar-refractivity contribution >= 4 is 0 Å². The largest absolute Gasteiger partial charge is 0.348 e. The van der Waals surface area contributed by atoms with E-state index in [2.05, 4.69) is 69.3 Å². The van der Waals surface area contributed by atoms with Crippen molar-refractivity contribution in [2.24, 2.45) is 23.7 Å². The minimum atomic E-state index is -0.315. The average molecular weight is 449 g/mol. The Hall–Kier alpha value is -1.72. The zero-order chi connectivity index (χ0) is 22.6. The van der Waals surface area contributed by atoms with Crippen LogP contribution in [-0.2, 0) is 25.9 Å². The summed E-state index contributed by atoms with van der Waals surface area (Å²) in [5, 5.41) is 0. The van der Waals surface area contributed by atoms with Crippen molar-refractivity contribution in [3.63, 3.8) is 0 Å². The van der Waals surface area contributed by atoms with Gasteiger partial charge in [0.1, 0.15) is 11.2 Å². The molecule has 2 aromatic carbocycles. The molecule has 5 fully saturated rings. The molecule has 2 bridgehead atoms. The predicted molar refractivity (Wildman–Crippen MR) is 127 cm³/mol. The van der Waals surface area contributed by atoms with Crippen LogP contribution in [0.1, 0.15) is 58.4 Å². The van der Waals surface area contributed by atoms with Crippen LogP contribution in [0.2, 0.25) is 0 Å². The molecule has 2 aliphatic carbocycles. The van der Waals surface area contributed by atoms with E-state index in [1.807, 2.05) is 6.07 Å². The molecule has 0 unspecified atom stereocenters. The zero-order valence-corrected chi connectivity index (χ0v) is 20.0. The molecular formula is C29H36O4. The summed E-state index contributed by atoms with van der Waals surface area (Å²) in [7, 11) is 0. The number of hydrogen-bond acceptors (Lipinski definition) is 4. The molecule has 4 heteroatoms. The fourth-order valence-corrected chi connectivity index (χ4v) is 7.21. The maximum atomic E-state index is 6.74. The summed E-state index contributed by atoms with van der Waals surface area (Å²) in [6.07, 6.45) is 5.35. The molecule has 2 saturated carbocycles. The second kappa shape index (κ2) is 8.20. The van der Waals surface area contributed by atoms with Gasteiger partial charge in [0.2, 0.25) is 0 Å². The Morgan fingerprint density at radius 1 is 0.879 bits per heavy atom. The molecule has 8 atom stereocenters. The molecule has 1 spiro atoms. The van der Waals surface area contributed by atoms with Gasteiger partial charge in [0.15, 0.2) is 6.29 Å². The SMILES string of the molecule is C[C@H]1[C@@H](OCc2ccc(-c3ccccc3)cc2)O[C@H]2C[C@]3(C)CC[C@H]4[C@H](C)CC[C@@H]1[C@@]24OO3. The van der Waals surface area contributed by atoms with Crippen molar-refractivity contribution in [1.29, 1.82) is 0 Å². The smallest absolute Gasteiger partial charge is 0.161 e. The third-order valence-electron chi connectivity index (χ3n) is 9.11. The van der Waals surface area contributed by atoms with Crippen molar-refractivity contribution in [3.8, 4) is 11.1 Å². The van der Waals surface area contributed by atoms with Gasteiger partial charge in [-0.25, -0.2) is 9.78 Å². The van der Waals surface area contributed by atoms with Crippen LogP contribution in [0.5, 0.6) is 0 Å². The van der Waals surface area contributed by atoms with E-state index < -0.39 is 0 Å². The summed E-state index contributed by atoms with van der Waals surface area (Å²) in [6.45, 7) is 7.42. The summed E-state index contributed by atoms with van der Waals surface area (Å²) < 4.78 is 13.2. The summed E-state index contributed by atoms with van der Waals surface area (Å²) >= 11 is 0. The van der Waals surface area contributed by atoms with Crippen LogP contribution < -0.4 is 0 Å². The van der Waals surface area contributed by atoms with Crippen LogP contribution in [0.15, 0.2) is 54.6 Å². The van der Waals surface area contributed by atoms with Crippen LogP contribution in [0.25, 0.3) is 11.1 Å². The molecule has 0 aromatic heterocycles. The van der Waals surface area contributed by atoms with Gasteiger partial charge < -0.3 is 9.47 Å². The van der Waals surface area contributed by atoms with E-state index >= 15 is 0 Å². The van der Waals surface area contributed by atoms with Gasteiger partial charge in [0.05, 0.1) is 12.7 Å². The van der Waals surface area contributed by atoms with Gasteiger partial charge >= 0.3 is 0 Å². The molecule has 0 N–H and O–H groups in total. The first kappa shape index (κ1) is 21.8. The molecule has 2 aromatic rings. The summed E-state index contributed by atoms with van der Waals surface area (Å²) in [5.74, 6) is 1.82. The molecule has 0 radical (unpaired) electrons. The molecule has 3 aliphatic heterocycles. The van der Waals surface area contributed by atoms with Crippen molar-refractivity contribution in [2.45, 2.75) is 83.1 Å². The van der Waals surface area contributed by atoms with E-state index in [0.717, 1.165) is 19.3 Å². The van der Waals surface area contributed by atoms with Crippen LogP contribution >= 0.6 is 0 Å². The van der Waals surface area contributed by atoms with Gasteiger partial charge in [-0.05, 0) is 61.1 Å². The lowest BCUT2D eigenvalue weighted by Gasteiger charge is -2.61. The van der Waals surface area contributed by atoms with E-state index in [-0.39, 0.29) is 29.5 Å². The van der Waals surface area contributed by atoms with Crippen molar-refractivity contribution in [3.05, 3.63) is 60.2 Å². The number of ether oxygens (including phenoxy) is 2. The minimum absolute atomic E-state index is 0.0400. The van der Waals surface area contributed by atoms with Gasteiger partial charge in [0, 0.05) is 18.3 Å². The summed E-state index contributed by atoms with van der Waals surface area (Å²) in [5.41, 5.74) is 3.07. The van der Waals surface area contributed by atoms with Gasteiger partial charge in [0.25, 0.3) is 0 Å². The molecule has 4 nitrogen and oxygen atoms in total. The number of fused-ring (bicyclic) bond motifs is 2. The van der Waals surface area contributed by atoms with Gasteiger partial charge in [-0.2, -0.15) is 0 Å². The summed E-state index contributed by atoms with van der Waals surface area (Å²) in [4.78, 5) is 12.5. The minimum Gasteiger partial charge on any atom is -0.348 e. The Morgan fingerprint density at radius 2 is 1.64 bits per heavy atom. The molecule has 3 heterocycles. The van der Waals surface area contributed by atoms with Crippen molar-refractivity contribution < 1.29 is 19.2 Å². The van der Waals surface area contributed by atoms with Crippen LogP contribution in [0.3, 0.4) is 0 Å². The number of rotatable bonds is 4. The lowest BCUT2D eigenvalue weighted by atomic mass is 9.56. The topological polar surface area (TPSA) is 36.9 Å². The lowest BCUT2D eigenvalue weighted by molar-refractivity contribution is -0.496. The highest BCUT2D eigenvalue weighted by molar-refractivity contribution is 5.63. The van der Waals surface area contributed by atoms with E-state index in [9.17, 15) is 0 Å². The standard InChI is InChI=1S/C29H36O4/c1-19-9-14-25-20(2)27(31-26-17-28(3)16-15-24(19)29(25,26)33-32-28)30-18-21-10-12-23(13-11-21)22-7-5-4-6-8-22/h4-8,10-13,19-20,24-27H,9,14-18H2,1-3H3/t19-,20-,24+,25+,26+,27+,28+,29-/m1/s1. The Bertz CT molecular complexity index is 975. The highest BCUT2D eigenvalue weighted by Gasteiger charge is 2.68. The Labute approximate surface area is 197 Å². The van der Waals surface area contributed by atoms with Gasteiger partial charge in [-0.1, -0.05) is 68.4 Å². The Balaban J connectivity index is 1.20. The molecule has 33 heavy (non-hydrogen) atoms. The first-order valence-corrected chi connectivity index (χ1v) is 12.8. The second-order valence-electron chi connectivity index (χ2n) is 11.2. The Morgan fingerprint density at radius 3 is 2.42 bits per heavy atom. The average Bonchev–Trinajstić information content (AvgIpc) is 3.07. The van der Waals surface area contributed by atoms with Crippen LogP contribution in [0.4, 0.5) is 0 Å². The van der Waals surface area contributed by atoms with E-state index in [0.29, 0.717) is 24.4 Å². The fraction of sp³-hybridized carbons (Fsp3) is 0.586. The first-order chi connectivity index (χ1) is 16.0. The molecule has 0 amide bonds. The highest BCUT2D eigenvalue weighted by atomic mass is 17.2. The Kier molecular flexibility index (Phi) is 5.41. The van der Waals surface area contributed by atoms with Gasteiger partial charge in [-0.3, -0.25) is 0 Å². The zero-order valence-electron chi connectivity index (χ0n) is 20.0. The highest BCUT2D eigenvalue weighted by Crippen LogP contribution is 2.61. The third kappa shape index (κ3) is 3.58. The predicted octanol–water partition coefficient (Wildman–Crippen LogP) is 6.54. The monoisotopic (exact) mass is 448 g/mol. The van der Waals surface area contributed by atoms with Crippen LogP contribution in [-0.4, -0.2) is 23.6 Å². The molecular weight excluding hydrogens is 412 g/mol. The maximum Gasteiger partial charge on any atom is 0.161 e. The molecule has 7 rings (SSSR count). The summed E-state index contributed by atoms with van der Waals surface area (Å²) in [6, 6.07) is 19.2. The molecule has 5 aliphatic rings. The van der Waals surface area contributed by atoms with Crippen molar-refractivity contribution in [1.82, 2.24) is 0 Å². The normalized spacial score (nSPS) is 41.9. The fourth-order valence-electron chi connectivity index (χ4n) is 7.21. The second-order valence-corrected chi connectivity index (χ2v) is 11.2. The lowest BCUT2D eigenvalue weighted by Crippen LogP contribution is -2.69. The van der Waals surface area contributed by atoms with Crippen molar-refractivity contribution in [2.75, 3.05) is 0 Å². The first-order valence-electron chi connectivity index (χ1n) is 12.8. The number of hydrogen-bond donors (Lipinski definition) is 0. The van der Waals surface area contributed by atoms with E-state index in [1.54, 1.807) is 0 Å². The maximum absolute atomic E-state index is 6.74. The van der Waals surface area contributed by atoms with Crippen LogP contribution in [0, 0.1) is 23.7 Å². The quantitative estimate of drug-likeness (QED) is 0.498. The molecule has 3 saturated heterocycles. The van der Waals surface area contributed by atoms with Gasteiger partial charge in [-0.15, -0.1) is 0 Å². The third-order valence-corrected chi connectivity index (χ3v) is 9.11. The van der Waals surface area contributed by atoms with E-state index in [4.69, 9.17) is 19.2 Å².